The minimum atomic E-state index is -1.05. The van der Waals surface area contributed by atoms with Crippen LogP contribution in [0, 0.1) is 0 Å². The quantitative estimate of drug-likeness (QED) is 0.749. The Kier molecular flexibility index (Phi) is 2.00. The Morgan fingerprint density at radius 1 is 1.54 bits per heavy atom. The molecule has 2 rings (SSSR count). The van der Waals surface area contributed by atoms with Crippen LogP contribution < -0.4 is 0 Å². The molecule has 5 heteroatoms. The van der Waals surface area contributed by atoms with Crippen molar-refractivity contribution in [1.82, 2.24) is 9.78 Å². The molecule has 2 heterocycles. The smallest absolute Gasteiger partial charge is 0.357 e. The summed E-state index contributed by atoms with van der Waals surface area (Å²) in [5, 5.41) is 13.0. The third kappa shape index (κ3) is 1.31. The SMILES string of the molecule is O=C(O)c1nn2c(c1Cl)CCCC2. The summed E-state index contributed by atoms with van der Waals surface area (Å²) in [5.41, 5.74) is 0.851. The van der Waals surface area contributed by atoms with Crippen molar-refractivity contribution in [3.05, 3.63) is 16.4 Å². The first-order chi connectivity index (χ1) is 6.20. The van der Waals surface area contributed by atoms with Gasteiger partial charge in [0.25, 0.3) is 0 Å². The number of carboxylic acids is 1. The third-order valence-corrected chi connectivity index (χ3v) is 2.63. The molecular weight excluding hydrogens is 192 g/mol. The maximum absolute atomic E-state index is 10.7. The van der Waals surface area contributed by atoms with Crippen LogP contribution in [-0.4, -0.2) is 20.9 Å². The maximum atomic E-state index is 10.7. The van der Waals surface area contributed by atoms with Crippen molar-refractivity contribution in [3.8, 4) is 0 Å². The molecule has 0 saturated carbocycles. The zero-order valence-electron chi connectivity index (χ0n) is 6.96. The van der Waals surface area contributed by atoms with Gasteiger partial charge in [-0.25, -0.2) is 4.79 Å². The van der Waals surface area contributed by atoms with Gasteiger partial charge < -0.3 is 5.11 Å². The molecule has 0 spiro atoms. The Labute approximate surface area is 80.1 Å². The highest BCUT2D eigenvalue weighted by Gasteiger charge is 2.22. The van der Waals surface area contributed by atoms with Gasteiger partial charge in [-0.1, -0.05) is 11.6 Å². The van der Waals surface area contributed by atoms with E-state index in [1.54, 1.807) is 4.68 Å². The van der Waals surface area contributed by atoms with E-state index in [0.29, 0.717) is 5.02 Å². The summed E-state index contributed by atoms with van der Waals surface area (Å²) in [5.74, 6) is -1.05. The van der Waals surface area contributed by atoms with E-state index < -0.39 is 5.97 Å². The van der Waals surface area contributed by atoms with E-state index in [2.05, 4.69) is 5.10 Å². The minimum Gasteiger partial charge on any atom is -0.476 e. The number of halogens is 1. The summed E-state index contributed by atoms with van der Waals surface area (Å²) in [6.45, 7) is 0.780. The number of aromatic carboxylic acids is 1. The molecule has 0 amide bonds. The van der Waals surface area contributed by atoms with Gasteiger partial charge in [0.05, 0.1) is 10.7 Å². The lowest BCUT2D eigenvalue weighted by Crippen LogP contribution is -2.11. The molecule has 0 bridgehead atoms. The number of aromatic nitrogens is 2. The number of aryl methyl sites for hydroxylation is 1. The number of fused-ring (bicyclic) bond motifs is 1. The van der Waals surface area contributed by atoms with Crippen LogP contribution in [-0.2, 0) is 13.0 Å². The molecule has 4 nitrogen and oxygen atoms in total. The van der Waals surface area contributed by atoms with Gasteiger partial charge in [-0.15, -0.1) is 0 Å². The summed E-state index contributed by atoms with van der Waals surface area (Å²) in [6.07, 6.45) is 2.94. The molecule has 1 N–H and O–H groups in total. The first-order valence-electron chi connectivity index (χ1n) is 4.18. The minimum absolute atomic E-state index is 0.0152. The van der Waals surface area contributed by atoms with E-state index in [-0.39, 0.29) is 5.69 Å². The van der Waals surface area contributed by atoms with E-state index in [9.17, 15) is 4.79 Å². The largest absolute Gasteiger partial charge is 0.476 e. The van der Waals surface area contributed by atoms with Gasteiger partial charge in [0.2, 0.25) is 0 Å². The van der Waals surface area contributed by atoms with Crippen LogP contribution in [0.5, 0.6) is 0 Å². The number of nitrogens with zero attached hydrogens (tertiary/aromatic N) is 2. The molecule has 0 fully saturated rings. The van der Waals surface area contributed by atoms with Crippen molar-refractivity contribution in [1.29, 1.82) is 0 Å². The normalized spacial score (nSPS) is 15.5. The fourth-order valence-corrected chi connectivity index (χ4v) is 1.90. The predicted molar refractivity (Wildman–Crippen MR) is 47.1 cm³/mol. The van der Waals surface area contributed by atoms with Crippen molar-refractivity contribution < 1.29 is 9.90 Å². The molecular formula is C8H9ClN2O2. The van der Waals surface area contributed by atoms with Gasteiger partial charge in [-0.3, -0.25) is 4.68 Å². The fraction of sp³-hybridized carbons (Fsp3) is 0.500. The number of rotatable bonds is 1. The zero-order valence-corrected chi connectivity index (χ0v) is 7.71. The average molecular weight is 201 g/mol. The summed E-state index contributed by atoms with van der Waals surface area (Å²) in [6, 6.07) is 0. The highest BCUT2D eigenvalue weighted by molar-refractivity contribution is 6.33. The average Bonchev–Trinajstić information content (AvgIpc) is 2.45. The van der Waals surface area contributed by atoms with E-state index in [4.69, 9.17) is 16.7 Å². The van der Waals surface area contributed by atoms with Crippen LogP contribution in [0.15, 0.2) is 0 Å². The number of hydrogen-bond donors (Lipinski definition) is 1. The van der Waals surface area contributed by atoms with Gasteiger partial charge in [0.15, 0.2) is 5.69 Å². The molecule has 0 aliphatic carbocycles. The monoisotopic (exact) mass is 200 g/mol. The van der Waals surface area contributed by atoms with E-state index in [1.165, 1.54) is 0 Å². The van der Waals surface area contributed by atoms with Crippen molar-refractivity contribution >= 4 is 17.6 Å². The van der Waals surface area contributed by atoms with Gasteiger partial charge in [-0.05, 0) is 19.3 Å². The van der Waals surface area contributed by atoms with E-state index in [1.807, 2.05) is 0 Å². The van der Waals surface area contributed by atoms with Crippen LogP contribution in [0.4, 0.5) is 0 Å². The standard InChI is InChI=1S/C8H9ClN2O2/c9-6-5-3-1-2-4-11(5)10-7(6)8(12)13/h1-4H2,(H,12,13). The second-order valence-electron chi connectivity index (χ2n) is 3.09. The zero-order chi connectivity index (χ0) is 9.42. The molecule has 1 aromatic rings. The van der Waals surface area contributed by atoms with Crippen LogP contribution >= 0.6 is 11.6 Å². The lowest BCUT2D eigenvalue weighted by atomic mass is 10.1. The van der Waals surface area contributed by atoms with Crippen LogP contribution in [0.3, 0.4) is 0 Å². The molecule has 0 aromatic carbocycles. The molecule has 0 saturated heterocycles. The lowest BCUT2D eigenvalue weighted by molar-refractivity contribution is 0.0689. The molecule has 1 aromatic heterocycles. The topological polar surface area (TPSA) is 55.1 Å². The first kappa shape index (κ1) is 8.56. The van der Waals surface area contributed by atoms with E-state index in [0.717, 1.165) is 31.5 Å². The molecule has 13 heavy (non-hydrogen) atoms. The van der Waals surface area contributed by atoms with Crippen molar-refractivity contribution in [2.24, 2.45) is 0 Å². The van der Waals surface area contributed by atoms with Gasteiger partial charge >= 0.3 is 5.97 Å². The Bertz CT molecular complexity index is 359. The molecule has 1 aliphatic rings. The Hall–Kier alpha value is -1.03. The predicted octanol–water partition coefficient (Wildman–Crippen LogP) is 1.57. The maximum Gasteiger partial charge on any atom is 0.357 e. The molecule has 70 valence electrons. The number of carboxylic acid groups (broad SMARTS) is 1. The molecule has 0 unspecified atom stereocenters. The Morgan fingerprint density at radius 3 is 2.92 bits per heavy atom. The third-order valence-electron chi connectivity index (χ3n) is 2.23. The van der Waals surface area contributed by atoms with E-state index >= 15 is 0 Å². The Morgan fingerprint density at radius 2 is 2.31 bits per heavy atom. The highest BCUT2D eigenvalue weighted by atomic mass is 35.5. The van der Waals surface area contributed by atoms with Gasteiger partial charge in [0, 0.05) is 6.54 Å². The number of carbonyl (C=O) groups is 1. The Balaban J connectivity index is 2.50. The van der Waals surface area contributed by atoms with Crippen LogP contribution in [0.1, 0.15) is 29.0 Å². The van der Waals surface area contributed by atoms with Crippen LogP contribution in [0.25, 0.3) is 0 Å². The van der Waals surface area contributed by atoms with Crippen LogP contribution in [0.2, 0.25) is 5.02 Å². The summed E-state index contributed by atoms with van der Waals surface area (Å²) >= 11 is 5.87. The molecule has 0 radical (unpaired) electrons. The van der Waals surface area contributed by atoms with Crippen molar-refractivity contribution in [2.75, 3.05) is 0 Å². The summed E-state index contributed by atoms with van der Waals surface area (Å²) in [7, 11) is 0. The van der Waals surface area contributed by atoms with Crippen molar-refractivity contribution in [3.63, 3.8) is 0 Å². The lowest BCUT2D eigenvalue weighted by Gasteiger charge is -2.12. The summed E-state index contributed by atoms with van der Waals surface area (Å²) < 4.78 is 1.70. The molecule has 0 atom stereocenters. The van der Waals surface area contributed by atoms with Gasteiger partial charge in [-0.2, -0.15) is 5.10 Å². The highest BCUT2D eigenvalue weighted by Crippen LogP contribution is 2.25. The molecule has 1 aliphatic heterocycles. The first-order valence-corrected chi connectivity index (χ1v) is 4.56. The summed E-state index contributed by atoms with van der Waals surface area (Å²) in [4.78, 5) is 10.7. The van der Waals surface area contributed by atoms with Gasteiger partial charge in [0.1, 0.15) is 0 Å². The second-order valence-corrected chi connectivity index (χ2v) is 3.47. The second kappa shape index (κ2) is 3.03. The number of hydrogen-bond acceptors (Lipinski definition) is 2. The van der Waals surface area contributed by atoms with Crippen molar-refractivity contribution in [2.45, 2.75) is 25.8 Å². The fourth-order valence-electron chi connectivity index (χ4n) is 1.59.